The largest absolute Gasteiger partial charge is 0.506 e. The van der Waals surface area contributed by atoms with Crippen LogP contribution in [0.15, 0.2) is 6.20 Å². The number of hydrogen-bond donors (Lipinski definition) is 1. The fraction of sp³-hybridized carbons (Fsp3) is 0.375. The lowest BCUT2D eigenvalue weighted by atomic mass is 10.1. The fourth-order valence-electron chi connectivity index (χ4n) is 1.06. The molecule has 1 heterocycles. The zero-order chi connectivity index (χ0) is 9.30. The van der Waals surface area contributed by atoms with E-state index in [1.54, 1.807) is 0 Å². The Kier molecular flexibility index (Phi) is 2.26. The molecule has 0 amide bonds. The van der Waals surface area contributed by atoms with Crippen molar-refractivity contribution in [1.82, 2.24) is 4.98 Å². The summed E-state index contributed by atoms with van der Waals surface area (Å²) in [4.78, 5) is 3.63. The fourth-order valence-corrected chi connectivity index (χ4v) is 1.06. The van der Waals surface area contributed by atoms with E-state index in [-0.39, 0.29) is 22.6 Å². The summed E-state index contributed by atoms with van der Waals surface area (Å²) in [5.41, 5.74) is 0.299. The highest BCUT2D eigenvalue weighted by Crippen LogP contribution is 2.29. The molecule has 0 bridgehead atoms. The molecule has 0 radical (unpaired) electrons. The van der Waals surface area contributed by atoms with Crippen LogP contribution in [0.3, 0.4) is 0 Å². The van der Waals surface area contributed by atoms with Gasteiger partial charge in [0, 0.05) is 16.8 Å². The molecule has 12 heavy (non-hydrogen) atoms. The minimum absolute atomic E-state index is 0.171. The number of aromatic nitrogens is 1. The zero-order valence-corrected chi connectivity index (χ0v) is 6.81. The quantitative estimate of drug-likeness (QED) is 0.707. The molecule has 0 saturated heterocycles. The van der Waals surface area contributed by atoms with Crippen LogP contribution in [-0.2, 0) is 0 Å². The van der Waals surface area contributed by atoms with Gasteiger partial charge in [0.1, 0.15) is 5.75 Å². The van der Waals surface area contributed by atoms with E-state index in [1.807, 2.05) is 0 Å². The maximum atomic E-state index is 12.3. The monoisotopic (exact) mass is 173 g/mol. The zero-order valence-electron chi connectivity index (χ0n) is 6.81. The lowest BCUT2D eigenvalue weighted by Gasteiger charge is -2.08. The summed E-state index contributed by atoms with van der Waals surface area (Å²) in [6.07, 6.45) is -1.40. The van der Waals surface area contributed by atoms with E-state index >= 15 is 0 Å². The summed E-state index contributed by atoms with van der Waals surface area (Å²) in [6.45, 7) is 2.94. The van der Waals surface area contributed by atoms with E-state index in [4.69, 9.17) is 5.11 Å². The van der Waals surface area contributed by atoms with E-state index in [9.17, 15) is 8.78 Å². The highest BCUT2D eigenvalue weighted by Gasteiger charge is 2.16. The number of hydrogen-bond acceptors (Lipinski definition) is 2. The van der Waals surface area contributed by atoms with Gasteiger partial charge >= 0.3 is 0 Å². The summed E-state index contributed by atoms with van der Waals surface area (Å²) in [6, 6.07) is 0. The molecular formula is C8H9F2NO. The molecule has 0 saturated carbocycles. The molecule has 0 aliphatic heterocycles. The van der Waals surface area contributed by atoms with Gasteiger partial charge in [0.15, 0.2) is 0 Å². The van der Waals surface area contributed by atoms with Crippen LogP contribution in [0, 0.1) is 13.8 Å². The van der Waals surface area contributed by atoms with Gasteiger partial charge in [-0.15, -0.1) is 0 Å². The highest BCUT2D eigenvalue weighted by atomic mass is 19.3. The van der Waals surface area contributed by atoms with E-state index < -0.39 is 6.43 Å². The summed E-state index contributed by atoms with van der Waals surface area (Å²) >= 11 is 0. The predicted octanol–water partition coefficient (Wildman–Crippen LogP) is 2.34. The molecule has 0 aliphatic carbocycles. The third kappa shape index (κ3) is 1.37. The van der Waals surface area contributed by atoms with Crippen LogP contribution < -0.4 is 0 Å². The lowest BCUT2D eigenvalue weighted by Crippen LogP contribution is -1.96. The standard InChI is InChI=1S/C8H9F2NO/c1-4-6(12)3-11-5(2)7(4)8(9)10/h3,8,12H,1-2H3. The minimum atomic E-state index is -2.58. The molecule has 2 nitrogen and oxygen atoms in total. The van der Waals surface area contributed by atoms with Gasteiger partial charge in [-0.2, -0.15) is 0 Å². The van der Waals surface area contributed by atoms with Gasteiger partial charge < -0.3 is 5.11 Å². The van der Waals surface area contributed by atoms with E-state index in [0.29, 0.717) is 0 Å². The molecule has 0 fully saturated rings. The number of halogens is 2. The molecule has 0 atom stereocenters. The summed E-state index contributed by atoms with van der Waals surface area (Å²) in [5, 5.41) is 9.08. The minimum Gasteiger partial charge on any atom is -0.506 e. The Morgan fingerprint density at radius 3 is 2.42 bits per heavy atom. The first kappa shape index (κ1) is 8.90. The molecular weight excluding hydrogens is 164 g/mol. The Hall–Kier alpha value is -1.19. The van der Waals surface area contributed by atoms with Crippen LogP contribution in [0.1, 0.15) is 23.2 Å². The number of aromatic hydroxyl groups is 1. The first-order valence-electron chi connectivity index (χ1n) is 3.47. The van der Waals surface area contributed by atoms with Crippen LogP contribution >= 0.6 is 0 Å². The second kappa shape index (κ2) is 3.05. The number of alkyl halides is 2. The maximum absolute atomic E-state index is 12.3. The summed E-state index contributed by atoms with van der Waals surface area (Å²) in [5.74, 6) is -0.184. The Morgan fingerprint density at radius 2 is 2.00 bits per heavy atom. The van der Waals surface area contributed by atoms with Crippen LogP contribution in [0.4, 0.5) is 8.78 Å². The summed E-state index contributed by atoms with van der Waals surface area (Å²) < 4.78 is 24.6. The third-order valence-electron chi connectivity index (χ3n) is 1.78. The molecule has 0 aromatic carbocycles. The van der Waals surface area contributed by atoms with Gasteiger partial charge in [-0.05, 0) is 13.8 Å². The predicted molar refractivity (Wildman–Crippen MR) is 40.3 cm³/mol. The maximum Gasteiger partial charge on any atom is 0.265 e. The van der Waals surface area contributed by atoms with E-state index in [1.165, 1.54) is 20.0 Å². The van der Waals surface area contributed by atoms with Crippen LogP contribution in [0.2, 0.25) is 0 Å². The van der Waals surface area contributed by atoms with Gasteiger partial charge in [0.2, 0.25) is 0 Å². The van der Waals surface area contributed by atoms with Crippen molar-refractivity contribution in [2.45, 2.75) is 20.3 Å². The first-order valence-corrected chi connectivity index (χ1v) is 3.47. The molecule has 0 aliphatic rings. The first-order chi connectivity index (χ1) is 5.54. The lowest BCUT2D eigenvalue weighted by molar-refractivity contribution is 0.148. The Labute approximate surface area is 68.9 Å². The Bertz CT molecular complexity index is 299. The van der Waals surface area contributed by atoms with Crippen molar-refractivity contribution in [3.8, 4) is 5.75 Å². The second-order valence-electron chi connectivity index (χ2n) is 2.57. The van der Waals surface area contributed by atoms with E-state index in [0.717, 1.165) is 0 Å². The molecule has 0 spiro atoms. The van der Waals surface area contributed by atoms with Gasteiger partial charge in [-0.1, -0.05) is 0 Å². The van der Waals surface area contributed by atoms with Crippen molar-refractivity contribution in [3.05, 3.63) is 23.0 Å². The highest BCUT2D eigenvalue weighted by molar-refractivity contribution is 5.39. The SMILES string of the molecule is Cc1ncc(O)c(C)c1C(F)F. The van der Waals surface area contributed by atoms with Gasteiger partial charge in [0.05, 0.1) is 6.20 Å². The van der Waals surface area contributed by atoms with Crippen molar-refractivity contribution in [2.75, 3.05) is 0 Å². The van der Waals surface area contributed by atoms with Crippen molar-refractivity contribution in [2.24, 2.45) is 0 Å². The van der Waals surface area contributed by atoms with Crippen molar-refractivity contribution in [3.63, 3.8) is 0 Å². The molecule has 1 aromatic heterocycles. The molecule has 0 unspecified atom stereocenters. The van der Waals surface area contributed by atoms with Crippen LogP contribution in [0.5, 0.6) is 5.75 Å². The average molecular weight is 173 g/mol. The van der Waals surface area contributed by atoms with Crippen molar-refractivity contribution >= 4 is 0 Å². The normalized spacial score (nSPS) is 10.8. The number of rotatable bonds is 1. The molecule has 66 valence electrons. The average Bonchev–Trinajstić information content (AvgIpc) is 1.97. The number of aryl methyl sites for hydroxylation is 1. The van der Waals surface area contributed by atoms with Gasteiger partial charge in [-0.25, -0.2) is 8.78 Å². The smallest absolute Gasteiger partial charge is 0.265 e. The van der Waals surface area contributed by atoms with Crippen LogP contribution in [-0.4, -0.2) is 10.1 Å². The van der Waals surface area contributed by atoms with Gasteiger partial charge in [-0.3, -0.25) is 4.98 Å². The number of pyridine rings is 1. The second-order valence-corrected chi connectivity index (χ2v) is 2.57. The van der Waals surface area contributed by atoms with Crippen molar-refractivity contribution < 1.29 is 13.9 Å². The molecule has 1 aromatic rings. The molecule has 1 rings (SSSR count). The molecule has 4 heteroatoms. The third-order valence-corrected chi connectivity index (χ3v) is 1.78. The van der Waals surface area contributed by atoms with Crippen molar-refractivity contribution in [1.29, 1.82) is 0 Å². The van der Waals surface area contributed by atoms with Gasteiger partial charge in [0.25, 0.3) is 6.43 Å². The topological polar surface area (TPSA) is 33.1 Å². The summed E-state index contributed by atoms with van der Waals surface area (Å²) in [7, 11) is 0. The Morgan fingerprint density at radius 1 is 1.42 bits per heavy atom. The Balaban J connectivity index is 3.33. The van der Waals surface area contributed by atoms with E-state index in [2.05, 4.69) is 4.98 Å². The molecule has 1 N–H and O–H groups in total. The van der Waals surface area contributed by atoms with Crippen LogP contribution in [0.25, 0.3) is 0 Å². The number of nitrogens with zero attached hydrogens (tertiary/aromatic N) is 1.